The molecule has 0 spiro atoms. The van der Waals surface area contributed by atoms with E-state index in [9.17, 15) is 8.42 Å². The number of ether oxygens (including phenoxy) is 1. The van der Waals surface area contributed by atoms with Crippen LogP contribution in [0.2, 0.25) is 0 Å². The normalized spacial score (nSPS) is 23.0. The summed E-state index contributed by atoms with van der Waals surface area (Å²) in [5, 5.41) is 0. The Morgan fingerprint density at radius 3 is 2.47 bits per heavy atom. The van der Waals surface area contributed by atoms with Crippen LogP contribution in [0.4, 0.5) is 0 Å². The molecule has 1 unspecified atom stereocenters. The maximum Gasteiger partial charge on any atom is 0.282 e. The van der Waals surface area contributed by atoms with Gasteiger partial charge in [0.25, 0.3) is 10.2 Å². The van der Waals surface area contributed by atoms with E-state index in [0.29, 0.717) is 39.3 Å². The Labute approximate surface area is 104 Å². The van der Waals surface area contributed by atoms with Crippen molar-refractivity contribution in [2.45, 2.75) is 26.4 Å². The van der Waals surface area contributed by atoms with Crippen molar-refractivity contribution in [1.29, 1.82) is 0 Å². The van der Waals surface area contributed by atoms with Gasteiger partial charge < -0.3 is 10.5 Å². The fraction of sp³-hybridized carbons (Fsp3) is 1.00. The third-order valence-electron chi connectivity index (χ3n) is 2.80. The Bertz CT molecular complexity index is 321. The lowest BCUT2D eigenvalue weighted by Gasteiger charge is -2.22. The molecule has 102 valence electrons. The van der Waals surface area contributed by atoms with Gasteiger partial charge in [0.05, 0.1) is 6.10 Å². The van der Waals surface area contributed by atoms with E-state index in [4.69, 9.17) is 10.5 Å². The van der Waals surface area contributed by atoms with Gasteiger partial charge in [-0.3, -0.25) is 0 Å². The first-order chi connectivity index (χ1) is 8.06. The molecule has 17 heavy (non-hydrogen) atoms. The Kier molecular flexibility index (Phi) is 5.81. The van der Waals surface area contributed by atoms with E-state index < -0.39 is 10.2 Å². The van der Waals surface area contributed by atoms with Gasteiger partial charge in [-0.1, -0.05) is 6.92 Å². The highest BCUT2D eigenvalue weighted by atomic mass is 32.2. The predicted molar refractivity (Wildman–Crippen MR) is 66.8 cm³/mol. The topological polar surface area (TPSA) is 75.9 Å². The molecule has 2 N–H and O–H groups in total. The van der Waals surface area contributed by atoms with Crippen LogP contribution in [0.25, 0.3) is 0 Å². The number of hydrogen-bond acceptors (Lipinski definition) is 4. The summed E-state index contributed by atoms with van der Waals surface area (Å²) in [6.45, 7) is 6.78. The SMILES string of the molecule is CCCN1CCN(CC(CN)OCC)S1(=O)=O. The molecule has 1 saturated heterocycles. The summed E-state index contributed by atoms with van der Waals surface area (Å²) < 4.78 is 32.6. The first-order valence-electron chi connectivity index (χ1n) is 6.13. The highest BCUT2D eigenvalue weighted by Gasteiger charge is 2.36. The number of nitrogens with two attached hydrogens (primary N) is 1. The van der Waals surface area contributed by atoms with E-state index in [1.165, 1.54) is 8.61 Å². The lowest BCUT2D eigenvalue weighted by Crippen LogP contribution is -2.41. The standard InChI is InChI=1S/C10H23N3O3S/c1-3-5-12-6-7-13(17(12,14)15)9-10(8-11)16-4-2/h10H,3-9,11H2,1-2H3. The van der Waals surface area contributed by atoms with Crippen molar-refractivity contribution < 1.29 is 13.2 Å². The van der Waals surface area contributed by atoms with Crippen LogP contribution in [0.5, 0.6) is 0 Å². The van der Waals surface area contributed by atoms with Gasteiger partial charge in [-0.05, 0) is 13.3 Å². The summed E-state index contributed by atoms with van der Waals surface area (Å²) in [7, 11) is -3.28. The maximum absolute atomic E-state index is 12.1. The molecule has 1 aliphatic rings. The molecule has 1 aliphatic heterocycles. The lowest BCUT2D eigenvalue weighted by atomic mass is 10.3. The van der Waals surface area contributed by atoms with Crippen LogP contribution < -0.4 is 5.73 Å². The summed E-state index contributed by atoms with van der Waals surface area (Å²) in [4.78, 5) is 0. The molecule has 0 aromatic rings. The van der Waals surface area contributed by atoms with Crippen LogP contribution in [-0.2, 0) is 14.9 Å². The number of nitrogens with zero attached hydrogens (tertiary/aromatic N) is 2. The summed E-state index contributed by atoms with van der Waals surface area (Å²) in [6, 6.07) is 0. The van der Waals surface area contributed by atoms with Crippen LogP contribution in [0.15, 0.2) is 0 Å². The van der Waals surface area contributed by atoms with Crippen molar-refractivity contribution in [2.75, 3.05) is 39.3 Å². The van der Waals surface area contributed by atoms with Crippen molar-refractivity contribution >= 4 is 10.2 Å². The zero-order valence-corrected chi connectivity index (χ0v) is 11.4. The zero-order valence-electron chi connectivity index (χ0n) is 10.6. The van der Waals surface area contributed by atoms with Crippen LogP contribution >= 0.6 is 0 Å². The van der Waals surface area contributed by atoms with Crippen molar-refractivity contribution in [3.8, 4) is 0 Å². The first-order valence-corrected chi connectivity index (χ1v) is 7.52. The second-order valence-corrected chi connectivity index (χ2v) is 6.01. The molecule has 0 aromatic carbocycles. The molecule has 0 radical (unpaired) electrons. The largest absolute Gasteiger partial charge is 0.376 e. The molecule has 0 aromatic heterocycles. The molecular formula is C10H23N3O3S. The van der Waals surface area contributed by atoms with Crippen molar-refractivity contribution in [1.82, 2.24) is 8.61 Å². The van der Waals surface area contributed by atoms with Gasteiger partial charge in [0, 0.05) is 39.3 Å². The van der Waals surface area contributed by atoms with E-state index in [1.54, 1.807) is 0 Å². The molecule has 0 bridgehead atoms. The van der Waals surface area contributed by atoms with Gasteiger partial charge in [0.15, 0.2) is 0 Å². The Morgan fingerprint density at radius 1 is 1.29 bits per heavy atom. The van der Waals surface area contributed by atoms with Gasteiger partial charge in [0.2, 0.25) is 0 Å². The van der Waals surface area contributed by atoms with Gasteiger partial charge in [0.1, 0.15) is 0 Å². The third kappa shape index (κ3) is 3.62. The molecular weight excluding hydrogens is 242 g/mol. The maximum atomic E-state index is 12.1. The van der Waals surface area contributed by atoms with E-state index in [1.807, 2.05) is 13.8 Å². The molecule has 1 atom stereocenters. The van der Waals surface area contributed by atoms with Crippen LogP contribution in [-0.4, -0.2) is 62.5 Å². The molecule has 6 nitrogen and oxygen atoms in total. The summed E-state index contributed by atoms with van der Waals surface area (Å²) in [6.07, 6.45) is 0.620. The Morgan fingerprint density at radius 2 is 1.94 bits per heavy atom. The lowest BCUT2D eigenvalue weighted by molar-refractivity contribution is 0.0569. The molecule has 1 heterocycles. The minimum Gasteiger partial charge on any atom is -0.376 e. The second kappa shape index (κ2) is 6.65. The zero-order chi connectivity index (χ0) is 12.9. The van der Waals surface area contributed by atoms with Crippen LogP contribution in [0.1, 0.15) is 20.3 Å². The number of rotatable bonds is 7. The molecule has 0 aliphatic carbocycles. The quantitative estimate of drug-likeness (QED) is 0.681. The van der Waals surface area contributed by atoms with Gasteiger partial charge >= 0.3 is 0 Å². The van der Waals surface area contributed by atoms with Crippen molar-refractivity contribution in [3.05, 3.63) is 0 Å². The predicted octanol–water partition coefficient (Wildman–Crippen LogP) is -0.377. The van der Waals surface area contributed by atoms with Gasteiger partial charge in [-0.25, -0.2) is 0 Å². The minimum atomic E-state index is -3.28. The van der Waals surface area contributed by atoms with E-state index in [0.717, 1.165) is 6.42 Å². The van der Waals surface area contributed by atoms with Gasteiger partial charge in [-0.15, -0.1) is 0 Å². The van der Waals surface area contributed by atoms with E-state index >= 15 is 0 Å². The Hall–Kier alpha value is -0.210. The monoisotopic (exact) mass is 265 g/mol. The van der Waals surface area contributed by atoms with E-state index in [2.05, 4.69) is 0 Å². The highest BCUT2D eigenvalue weighted by molar-refractivity contribution is 7.87. The Balaban J connectivity index is 2.61. The molecule has 1 rings (SSSR count). The average molecular weight is 265 g/mol. The van der Waals surface area contributed by atoms with Gasteiger partial charge in [-0.2, -0.15) is 17.0 Å². The molecule has 0 amide bonds. The minimum absolute atomic E-state index is 0.212. The smallest absolute Gasteiger partial charge is 0.282 e. The summed E-state index contributed by atoms with van der Waals surface area (Å²) in [5.41, 5.74) is 5.56. The average Bonchev–Trinajstić information content (AvgIpc) is 2.56. The van der Waals surface area contributed by atoms with E-state index in [-0.39, 0.29) is 6.10 Å². The van der Waals surface area contributed by atoms with Crippen LogP contribution in [0, 0.1) is 0 Å². The van der Waals surface area contributed by atoms with Crippen molar-refractivity contribution in [2.24, 2.45) is 5.73 Å². The fourth-order valence-electron chi connectivity index (χ4n) is 1.94. The van der Waals surface area contributed by atoms with Crippen molar-refractivity contribution in [3.63, 3.8) is 0 Å². The summed E-state index contributed by atoms with van der Waals surface area (Å²) >= 11 is 0. The fourth-order valence-corrected chi connectivity index (χ4v) is 3.66. The molecule has 1 fully saturated rings. The highest BCUT2D eigenvalue weighted by Crippen LogP contribution is 2.17. The van der Waals surface area contributed by atoms with Crippen LogP contribution in [0.3, 0.4) is 0 Å². The molecule has 7 heteroatoms. The first kappa shape index (κ1) is 14.8. The molecule has 0 saturated carbocycles. The second-order valence-electron chi connectivity index (χ2n) is 4.08. The number of hydrogen-bond donors (Lipinski definition) is 1. The third-order valence-corrected chi connectivity index (χ3v) is 4.80. The summed E-state index contributed by atoms with van der Waals surface area (Å²) in [5.74, 6) is 0.